The van der Waals surface area contributed by atoms with Gasteiger partial charge in [0.05, 0.1) is 11.1 Å². The van der Waals surface area contributed by atoms with Crippen molar-refractivity contribution in [1.82, 2.24) is 0 Å². The van der Waals surface area contributed by atoms with Gasteiger partial charge in [-0.1, -0.05) is 145 Å². The van der Waals surface area contributed by atoms with Crippen molar-refractivity contribution in [2.75, 3.05) is 9.80 Å². The third-order valence-electron chi connectivity index (χ3n) is 14.8. The van der Waals surface area contributed by atoms with E-state index in [4.69, 9.17) is 0 Å². The molecule has 0 radical (unpaired) electrons. The van der Waals surface area contributed by atoms with Gasteiger partial charge in [-0.05, 0) is 153 Å². The maximum Gasteiger partial charge on any atom is 0.264 e. The van der Waals surface area contributed by atoms with Gasteiger partial charge in [0.1, 0.15) is 0 Å². The van der Waals surface area contributed by atoms with Crippen molar-refractivity contribution < 1.29 is 0 Å². The number of benzene rings is 9. The zero-order chi connectivity index (χ0) is 42.4. The van der Waals surface area contributed by atoms with Gasteiger partial charge in [0.25, 0.3) is 6.71 Å². The van der Waals surface area contributed by atoms with E-state index < -0.39 is 5.41 Å². The van der Waals surface area contributed by atoms with Crippen LogP contribution in [0.1, 0.15) is 38.9 Å². The lowest BCUT2D eigenvalue weighted by Crippen LogP contribution is -2.60. The molecule has 0 unspecified atom stereocenters. The Morgan fingerprint density at radius 1 is 0.453 bits per heavy atom. The maximum absolute atomic E-state index is 2.60. The van der Waals surface area contributed by atoms with Crippen molar-refractivity contribution in [2.24, 2.45) is 0 Å². The van der Waals surface area contributed by atoms with Gasteiger partial charge in [-0.2, -0.15) is 0 Å². The molecule has 4 aliphatic rings. The molecule has 14 rings (SSSR count). The highest BCUT2D eigenvalue weighted by atomic mass is 32.1. The van der Waals surface area contributed by atoms with Crippen LogP contribution >= 0.6 is 11.3 Å². The van der Waals surface area contributed by atoms with Crippen LogP contribution in [0.5, 0.6) is 0 Å². The molecule has 2 aliphatic carbocycles. The molecular formula is C60H41BN2S. The Bertz CT molecular complexity index is 3560. The second-order valence-electron chi connectivity index (χ2n) is 18.1. The highest BCUT2D eigenvalue weighted by Crippen LogP contribution is 2.64. The summed E-state index contributed by atoms with van der Waals surface area (Å²) in [5, 5.41) is 1.31. The Kier molecular flexibility index (Phi) is 7.38. The topological polar surface area (TPSA) is 6.48 Å². The van der Waals surface area contributed by atoms with Gasteiger partial charge >= 0.3 is 0 Å². The number of rotatable bonds is 3. The molecule has 0 saturated carbocycles. The van der Waals surface area contributed by atoms with E-state index in [9.17, 15) is 0 Å². The molecule has 0 bridgehead atoms. The lowest BCUT2D eigenvalue weighted by atomic mass is 9.36. The summed E-state index contributed by atoms with van der Waals surface area (Å²) in [4.78, 5) is 5.10. The van der Waals surface area contributed by atoms with Gasteiger partial charge in [-0.3, -0.25) is 0 Å². The number of aryl methyl sites for hydroxylation is 3. The fourth-order valence-corrected chi connectivity index (χ4v) is 13.6. The minimum absolute atomic E-state index is 0.0345. The Balaban J connectivity index is 1.09. The van der Waals surface area contributed by atoms with E-state index in [0.29, 0.717) is 0 Å². The first-order valence-corrected chi connectivity index (χ1v) is 23.3. The Labute approximate surface area is 378 Å². The number of hydrogen-bond donors (Lipinski definition) is 0. The minimum atomic E-state index is -0.407. The lowest BCUT2D eigenvalue weighted by molar-refractivity contribution is 0.794. The molecule has 0 fully saturated rings. The van der Waals surface area contributed by atoms with Crippen LogP contribution in [-0.2, 0) is 5.41 Å². The zero-order valence-corrected chi connectivity index (χ0v) is 36.7. The molecule has 10 aromatic rings. The molecule has 4 heteroatoms. The third kappa shape index (κ3) is 4.60. The summed E-state index contributed by atoms with van der Waals surface area (Å²) in [7, 11) is 0. The van der Waals surface area contributed by atoms with Crippen LogP contribution in [0, 0.1) is 20.8 Å². The van der Waals surface area contributed by atoms with E-state index in [1.807, 2.05) is 11.3 Å². The largest absolute Gasteiger partial charge is 0.311 e. The third-order valence-corrected chi connectivity index (χ3v) is 16.0. The standard InChI is InChI=1S/C60H41BN2S/c1-36-28-30-44-45-34-46-55(35-50(45)60(49(44)32-36)47-24-12-10-22-42(47)43-23-11-13-25-48(43)60)64-59-58(46)63(41-20-8-5-9-21-41)53-27-15-26-52-57(53)61(59)51-31-29-39(56-37(2)16-14-17-38(56)3)33-54(51)62(52)40-18-6-4-7-19-40/h4-35H,1-3H3. The fourth-order valence-electron chi connectivity index (χ4n) is 12.3. The minimum Gasteiger partial charge on any atom is -0.311 e. The summed E-state index contributed by atoms with van der Waals surface area (Å²) >= 11 is 2.00. The smallest absolute Gasteiger partial charge is 0.264 e. The predicted octanol–water partition coefficient (Wildman–Crippen LogP) is 13.9. The van der Waals surface area contributed by atoms with E-state index >= 15 is 0 Å². The van der Waals surface area contributed by atoms with E-state index in [2.05, 4.69) is 225 Å². The van der Waals surface area contributed by atoms with Gasteiger partial charge in [0.2, 0.25) is 0 Å². The van der Waals surface area contributed by atoms with Crippen LogP contribution < -0.4 is 25.5 Å². The predicted molar refractivity (Wildman–Crippen MR) is 272 cm³/mol. The summed E-state index contributed by atoms with van der Waals surface area (Å²) in [5.74, 6) is 0. The Morgan fingerprint density at radius 2 is 1.05 bits per heavy atom. The first kappa shape index (κ1) is 36.1. The first-order valence-electron chi connectivity index (χ1n) is 22.5. The highest BCUT2D eigenvalue weighted by Gasteiger charge is 2.53. The molecule has 64 heavy (non-hydrogen) atoms. The molecule has 0 saturated heterocycles. The summed E-state index contributed by atoms with van der Waals surface area (Å²) in [5.41, 5.74) is 26.9. The molecule has 1 aromatic heterocycles. The molecule has 0 atom stereocenters. The first-order chi connectivity index (χ1) is 31.5. The molecule has 0 N–H and O–H groups in total. The summed E-state index contributed by atoms with van der Waals surface area (Å²) in [6.07, 6.45) is 0. The number of thiophene rings is 1. The van der Waals surface area contributed by atoms with E-state index in [0.717, 1.165) is 5.69 Å². The molecule has 1 spiro atoms. The van der Waals surface area contributed by atoms with Crippen molar-refractivity contribution in [1.29, 1.82) is 0 Å². The molecule has 2 nitrogen and oxygen atoms in total. The van der Waals surface area contributed by atoms with E-state index in [-0.39, 0.29) is 6.71 Å². The monoisotopic (exact) mass is 832 g/mol. The van der Waals surface area contributed by atoms with Crippen LogP contribution in [0.4, 0.5) is 34.1 Å². The van der Waals surface area contributed by atoms with Crippen molar-refractivity contribution >= 4 is 78.0 Å². The SMILES string of the molecule is Cc1ccc2c(c1)C1(c3ccccc3-c3ccccc31)c1cc3sc4c(c3cc1-2)N(c1ccccc1)c1cccc2c1B4c1ccc(-c3c(C)cccc3C)cc1N2c1ccccc1. The molecule has 9 aromatic carbocycles. The normalized spacial score (nSPS) is 14.2. The lowest BCUT2D eigenvalue weighted by Gasteiger charge is -2.43. The van der Waals surface area contributed by atoms with Crippen molar-refractivity contribution in [2.45, 2.75) is 26.2 Å². The average Bonchev–Trinajstić information content (AvgIpc) is 3.94. The summed E-state index contributed by atoms with van der Waals surface area (Å²) < 4.78 is 2.71. The molecule has 0 amide bonds. The Hall–Kier alpha value is -7.40. The molecule has 3 heterocycles. The van der Waals surface area contributed by atoms with Crippen molar-refractivity contribution in [3.05, 3.63) is 233 Å². The zero-order valence-electron chi connectivity index (χ0n) is 35.9. The molecule has 300 valence electrons. The molecule has 2 aliphatic heterocycles. The van der Waals surface area contributed by atoms with Gasteiger partial charge < -0.3 is 9.80 Å². The van der Waals surface area contributed by atoms with Crippen LogP contribution in [0.2, 0.25) is 0 Å². The average molecular weight is 833 g/mol. The highest BCUT2D eigenvalue weighted by molar-refractivity contribution is 7.33. The van der Waals surface area contributed by atoms with Crippen molar-refractivity contribution in [3.63, 3.8) is 0 Å². The quantitative estimate of drug-likeness (QED) is 0.164. The van der Waals surface area contributed by atoms with Crippen LogP contribution in [0.15, 0.2) is 194 Å². The van der Waals surface area contributed by atoms with Crippen LogP contribution in [-0.4, -0.2) is 6.71 Å². The number of para-hydroxylation sites is 2. The number of nitrogens with zero attached hydrogens (tertiary/aromatic N) is 2. The number of hydrogen-bond acceptors (Lipinski definition) is 3. The van der Waals surface area contributed by atoms with E-state index in [1.165, 1.54) is 127 Å². The summed E-state index contributed by atoms with van der Waals surface area (Å²) in [6.45, 7) is 6.76. The van der Waals surface area contributed by atoms with Gasteiger partial charge in [-0.15, -0.1) is 11.3 Å². The summed E-state index contributed by atoms with van der Waals surface area (Å²) in [6, 6.07) is 73.6. The maximum atomic E-state index is 2.60. The molecular weight excluding hydrogens is 792 g/mol. The second-order valence-corrected chi connectivity index (χ2v) is 19.2. The van der Waals surface area contributed by atoms with Gasteiger partial charge in [0, 0.05) is 43.3 Å². The van der Waals surface area contributed by atoms with Gasteiger partial charge in [0.15, 0.2) is 0 Å². The van der Waals surface area contributed by atoms with E-state index in [1.54, 1.807) is 0 Å². The number of fused-ring (bicyclic) bond motifs is 16. The van der Waals surface area contributed by atoms with Crippen molar-refractivity contribution in [3.8, 4) is 33.4 Å². The van der Waals surface area contributed by atoms with Gasteiger partial charge in [-0.25, -0.2) is 0 Å². The van der Waals surface area contributed by atoms with Crippen LogP contribution in [0.3, 0.4) is 0 Å². The fraction of sp³-hybridized carbons (Fsp3) is 0.0667. The Morgan fingerprint density at radius 3 is 1.75 bits per heavy atom. The number of anilines is 6. The second kappa shape index (κ2) is 13.1. The van der Waals surface area contributed by atoms with Crippen LogP contribution in [0.25, 0.3) is 43.5 Å².